The van der Waals surface area contributed by atoms with Crippen molar-refractivity contribution in [2.45, 2.75) is 63.3 Å². The molecule has 1 nitrogen and oxygen atoms in total. The number of nitrogens with two attached hydrogens (primary N) is 1. The van der Waals surface area contributed by atoms with Crippen molar-refractivity contribution >= 4 is 0 Å². The zero-order chi connectivity index (χ0) is 14.8. The summed E-state index contributed by atoms with van der Waals surface area (Å²) in [5.41, 5.74) is 6.96. The molecular formula is C18H25F2N. The summed E-state index contributed by atoms with van der Waals surface area (Å²) in [6.07, 6.45) is 9.58. The molecule has 0 atom stereocenters. The van der Waals surface area contributed by atoms with Gasteiger partial charge in [-0.1, -0.05) is 6.07 Å². The summed E-state index contributed by atoms with van der Waals surface area (Å²) in [5, 5.41) is 0. The average Bonchev–Trinajstić information content (AvgIpc) is 2.51. The lowest BCUT2D eigenvalue weighted by atomic mass is 9.69. The Morgan fingerprint density at radius 3 is 1.90 bits per heavy atom. The molecule has 21 heavy (non-hydrogen) atoms. The highest BCUT2D eigenvalue weighted by atomic mass is 19.2. The van der Waals surface area contributed by atoms with Gasteiger partial charge in [0, 0.05) is 6.04 Å². The molecule has 0 unspecified atom stereocenters. The van der Waals surface area contributed by atoms with Crippen LogP contribution in [0, 0.1) is 23.5 Å². The quantitative estimate of drug-likeness (QED) is 0.836. The minimum atomic E-state index is -0.744. The van der Waals surface area contributed by atoms with E-state index < -0.39 is 11.6 Å². The molecule has 0 aromatic heterocycles. The minimum absolute atomic E-state index is 0.405. The fraction of sp³-hybridized carbons (Fsp3) is 0.667. The first kappa shape index (κ1) is 15.0. The van der Waals surface area contributed by atoms with E-state index in [9.17, 15) is 8.78 Å². The summed E-state index contributed by atoms with van der Waals surface area (Å²) in [6, 6.07) is 4.82. The van der Waals surface area contributed by atoms with Crippen LogP contribution in [0.1, 0.15) is 62.8 Å². The van der Waals surface area contributed by atoms with E-state index in [4.69, 9.17) is 5.73 Å². The Balaban J connectivity index is 1.56. The van der Waals surface area contributed by atoms with E-state index in [1.54, 1.807) is 6.07 Å². The Labute approximate surface area is 125 Å². The third kappa shape index (κ3) is 3.45. The molecule has 2 fully saturated rings. The molecular weight excluding hydrogens is 268 g/mol. The molecule has 0 radical (unpaired) electrons. The highest BCUT2D eigenvalue weighted by Crippen LogP contribution is 2.42. The molecule has 2 aliphatic carbocycles. The van der Waals surface area contributed by atoms with Crippen LogP contribution in [-0.2, 0) is 0 Å². The van der Waals surface area contributed by atoms with E-state index in [2.05, 4.69) is 0 Å². The van der Waals surface area contributed by atoms with E-state index in [0.717, 1.165) is 30.2 Å². The second-order valence-corrected chi connectivity index (χ2v) is 6.96. The summed E-state index contributed by atoms with van der Waals surface area (Å²) in [6.45, 7) is 0. The maximum Gasteiger partial charge on any atom is 0.159 e. The zero-order valence-electron chi connectivity index (χ0n) is 12.5. The van der Waals surface area contributed by atoms with Gasteiger partial charge in [-0.15, -0.1) is 0 Å². The molecule has 2 saturated carbocycles. The average molecular weight is 293 g/mol. The Morgan fingerprint density at radius 2 is 1.33 bits per heavy atom. The first-order valence-corrected chi connectivity index (χ1v) is 8.34. The molecule has 1 aromatic carbocycles. The smallest absolute Gasteiger partial charge is 0.159 e. The number of rotatable bonds is 2. The summed E-state index contributed by atoms with van der Waals surface area (Å²) in [7, 11) is 0. The van der Waals surface area contributed by atoms with Gasteiger partial charge < -0.3 is 5.73 Å². The van der Waals surface area contributed by atoms with Crippen LogP contribution in [0.5, 0.6) is 0 Å². The molecule has 0 amide bonds. The summed E-state index contributed by atoms with van der Waals surface area (Å²) in [4.78, 5) is 0. The van der Waals surface area contributed by atoms with Crippen molar-refractivity contribution in [3.63, 3.8) is 0 Å². The largest absolute Gasteiger partial charge is 0.328 e. The fourth-order valence-electron chi connectivity index (χ4n) is 4.31. The van der Waals surface area contributed by atoms with Gasteiger partial charge >= 0.3 is 0 Å². The van der Waals surface area contributed by atoms with Crippen molar-refractivity contribution in [2.75, 3.05) is 0 Å². The van der Waals surface area contributed by atoms with Crippen molar-refractivity contribution in [3.05, 3.63) is 35.4 Å². The van der Waals surface area contributed by atoms with Gasteiger partial charge in [0.1, 0.15) is 0 Å². The van der Waals surface area contributed by atoms with Crippen LogP contribution in [0.4, 0.5) is 8.78 Å². The molecule has 0 spiro atoms. The molecule has 3 rings (SSSR count). The van der Waals surface area contributed by atoms with E-state index in [1.807, 2.05) is 0 Å². The number of benzene rings is 1. The molecule has 2 N–H and O–H groups in total. The highest BCUT2D eigenvalue weighted by Gasteiger charge is 2.30. The van der Waals surface area contributed by atoms with Crippen molar-refractivity contribution in [1.29, 1.82) is 0 Å². The number of hydrogen-bond acceptors (Lipinski definition) is 1. The van der Waals surface area contributed by atoms with Crippen molar-refractivity contribution in [3.8, 4) is 0 Å². The first-order chi connectivity index (χ1) is 10.1. The summed E-state index contributed by atoms with van der Waals surface area (Å²) >= 11 is 0. The van der Waals surface area contributed by atoms with Crippen LogP contribution in [0.15, 0.2) is 18.2 Å². The Hall–Kier alpha value is -0.960. The van der Waals surface area contributed by atoms with Gasteiger partial charge in [-0.25, -0.2) is 8.78 Å². The van der Waals surface area contributed by atoms with Crippen molar-refractivity contribution < 1.29 is 8.78 Å². The Bertz CT molecular complexity index is 472. The van der Waals surface area contributed by atoms with E-state index in [0.29, 0.717) is 12.0 Å². The molecule has 0 saturated heterocycles. The predicted octanol–water partition coefficient (Wildman–Crippen LogP) is 4.76. The lowest BCUT2D eigenvalue weighted by molar-refractivity contribution is 0.177. The van der Waals surface area contributed by atoms with Crippen molar-refractivity contribution in [1.82, 2.24) is 0 Å². The number of halogens is 2. The monoisotopic (exact) mass is 293 g/mol. The minimum Gasteiger partial charge on any atom is -0.328 e. The SMILES string of the molecule is NC1CCC(C2CCC(c3ccc(F)c(F)c3)CC2)CC1. The van der Waals surface area contributed by atoms with Gasteiger partial charge in [-0.05, 0) is 86.8 Å². The first-order valence-electron chi connectivity index (χ1n) is 8.34. The highest BCUT2D eigenvalue weighted by molar-refractivity contribution is 5.22. The lowest BCUT2D eigenvalue weighted by Gasteiger charge is -2.37. The lowest BCUT2D eigenvalue weighted by Crippen LogP contribution is -2.31. The van der Waals surface area contributed by atoms with Crippen LogP contribution in [-0.4, -0.2) is 6.04 Å². The maximum absolute atomic E-state index is 13.4. The van der Waals surface area contributed by atoms with Crippen LogP contribution >= 0.6 is 0 Å². The van der Waals surface area contributed by atoms with Crippen LogP contribution < -0.4 is 5.73 Å². The Kier molecular flexibility index (Phi) is 4.58. The second kappa shape index (κ2) is 6.43. The van der Waals surface area contributed by atoms with Gasteiger partial charge in [-0.3, -0.25) is 0 Å². The zero-order valence-corrected chi connectivity index (χ0v) is 12.5. The van der Waals surface area contributed by atoms with Crippen molar-refractivity contribution in [2.24, 2.45) is 17.6 Å². The van der Waals surface area contributed by atoms with E-state index in [-0.39, 0.29) is 0 Å². The third-order valence-electron chi connectivity index (χ3n) is 5.67. The third-order valence-corrected chi connectivity index (χ3v) is 5.67. The molecule has 116 valence electrons. The van der Waals surface area contributed by atoms with Gasteiger partial charge in [0.25, 0.3) is 0 Å². The normalized spacial score (nSPS) is 33.9. The van der Waals surface area contributed by atoms with Gasteiger partial charge in [0.15, 0.2) is 11.6 Å². The van der Waals surface area contributed by atoms with E-state index >= 15 is 0 Å². The summed E-state index contributed by atoms with van der Waals surface area (Å²) < 4.78 is 26.4. The van der Waals surface area contributed by atoms with Gasteiger partial charge in [0.2, 0.25) is 0 Å². The van der Waals surface area contributed by atoms with Gasteiger partial charge in [-0.2, -0.15) is 0 Å². The number of hydrogen-bond donors (Lipinski definition) is 1. The molecule has 3 heteroatoms. The molecule has 0 bridgehead atoms. The molecule has 0 aliphatic heterocycles. The topological polar surface area (TPSA) is 26.0 Å². The van der Waals surface area contributed by atoms with Crippen LogP contribution in [0.25, 0.3) is 0 Å². The predicted molar refractivity (Wildman–Crippen MR) is 81.0 cm³/mol. The van der Waals surface area contributed by atoms with E-state index in [1.165, 1.54) is 50.7 Å². The van der Waals surface area contributed by atoms with Crippen LogP contribution in [0.3, 0.4) is 0 Å². The fourth-order valence-corrected chi connectivity index (χ4v) is 4.31. The molecule has 2 aliphatic rings. The molecule has 1 aromatic rings. The Morgan fingerprint density at radius 1 is 0.762 bits per heavy atom. The van der Waals surface area contributed by atoms with Gasteiger partial charge in [0.05, 0.1) is 0 Å². The van der Waals surface area contributed by atoms with Crippen LogP contribution in [0.2, 0.25) is 0 Å². The second-order valence-electron chi connectivity index (χ2n) is 6.96. The summed E-state index contributed by atoms with van der Waals surface area (Å²) in [5.74, 6) is 0.610. The standard InChI is InChI=1S/C18H25F2N/c19-17-10-7-15(11-18(17)20)14-3-1-12(2-4-14)13-5-8-16(21)9-6-13/h7,10-14,16H,1-6,8-9,21H2. The maximum atomic E-state index is 13.4. The molecule has 0 heterocycles.